The molecule has 4 heteroatoms. The molecule has 0 radical (unpaired) electrons. The van der Waals surface area contributed by atoms with Crippen molar-refractivity contribution >= 4 is 17.2 Å². The molecule has 17 heavy (non-hydrogen) atoms. The molecular weight excluding hydrogens is 232 g/mol. The zero-order valence-corrected chi connectivity index (χ0v) is 11.3. The summed E-state index contributed by atoms with van der Waals surface area (Å²) in [6, 6.07) is 4.31. The van der Waals surface area contributed by atoms with E-state index >= 15 is 0 Å². The Morgan fingerprint density at radius 2 is 2.12 bits per heavy atom. The third-order valence-electron chi connectivity index (χ3n) is 3.26. The molecule has 0 aromatic carbocycles. The molecular formula is C13H20N2OS. The van der Waals surface area contributed by atoms with Crippen LogP contribution in [-0.2, 0) is 4.79 Å². The van der Waals surface area contributed by atoms with Gasteiger partial charge in [0.25, 0.3) is 0 Å². The van der Waals surface area contributed by atoms with Gasteiger partial charge in [0.2, 0.25) is 5.91 Å². The molecule has 1 N–H and O–H groups in total. The van der Waals surface area contributed by atoms with E-state index in [4.69, 9.17) is 0 Å². The maximum absolute atomic E-state index is 12.1. The normalized spacial score (nSPS) is 19.3. The molecule has 3 nitrogen and oxygen atoms in total. The number of likely N-dealkylation sites (tertiary alicyclic amines) is 1. The van der Waals surface area contributed by atoms with Crippen molar-refractivity contribution in [3.05, 3.63) is 22.4 Å². The quantitative estimate of drug-likeness (QED) is 0.892. The first-order valence-electron chi connectivity index (χ1n) is 6.26. The van der Waals surface area contributed by atoms with Crippen molar-refractivity contribution in [3.8, 4) is 0 Å². The lowest BCUT2D eigenvalue weighted by Gasteiger charge is -2.23. The molecule has 1 amide bonds. The number of carbonyl (C=O) groups is 1. The zero-order chi connectivity index (χ0) is 12.3. The standard InChI is InChI=1S/C13H20N2OS/c1-10(12-6-5-9-17-12)14-11(2)13(16)15-7-3-4-8-15/h5-6,9-11,14H,3-4,7-8H2,1-2H3/t10-,11?/m0/s1. The Morgan fingerprint density at radius 1 is 1.41 bits per heavy atom. The van der Waals surface area contributed by atoms with Crippen molar-refractivity contribution in [2.75, 3.05) is 13.1 Å². The summed E-state index contributed by atoms with van der Waals surface area (Å²) >= 11 is 1.73. The molecule has 1 aliphatic heterocycles. The number of hydrogen-bond acceptors (Lipinski definition) is 3. The predicted octanol–water partition coefficient (Wildman–Crippen LogP) is 2.41. The van der Waals surface area contributed by atoms with Crippen molar-refractivity contribution in [1.82, 2.24) is 10.2 Å². The van der Waals surface area contributed by atoms with E-state index in [2.05, 4.69) is 23.7 Å². The van der Waals surface area contributed by atoms with Gasteiger partial charge in [-0.05, 0) is 38.1 Å². The molecule has 0 saturated carbocycles. The van der Waals surface area contributed by atoms with Crippen LogP contribution in [0.5, 0.6) is 0 Å². The number of amides is 1. The van der Waals surface area contributed by atoms with Crippen LogP contribution in [0.3, 0.4) is 0 Å². The second kappa shape index (κ2) is 5.65. The summed E-state index contributed by atoms with van der Waals surface area (Å²) in [7, 11) is 0. The van der Waals surface area contributed by atoms with Gasteiger partial charge in [-0.3, -0.25) is 10.1 Å². The van der Waals surface area contributed by atoms with Gasteiger partial charge in [0.15, 0.2) is 0 Å². The molecule has 2 heterocycles. The average molecular weight is 252 g/mol. The van der Waals surface area contributed by atoms with Crippen molar-refractivity contribution in [3.63, 3.8) is 0 Å². The Labute approximate surface area is 107 Å². The average Bonchev–Trinajstić information content (AvgIpc) is 3.00. The van der Waals surface area contributed by atoms with Crippen molar-refractivity contribution in [2.45, 2.75) is 38.8 Å². The summed E-state index contributed by atoms with van der Waals surface area (Å²) in [4.78, 5) is 15.4. The Balaban J connectivity index is 1.87. The number of nitrogens with zero attached hydrogens (tertiary/aromatic N) is 1. The van der Waals surface area contributed by atoms with E-state index in [0.717, 1.165) is 25.9 Å². The van der Waals surface area contributed by atoms with Crippen LogP contribution in [0.25, 0.3) is 0 Å². The Morgan fingerprint density at radius 3 is 2.71 bits per heavy atom. The van der Waals surface area contributed by atoms with Gasteiger partial charge in [0, 0.05) is 24.0 Å². The van der Waals surface area contributed by atoms with E-state index in [9.17, 15) is 4.79 Å². The summed E-state index contributed by atoms with van der Waals surface area (Å²) in [6.07, 6.45) is 2.30. The van der Waals surface area contributed by atoms with Crippen molar-refractivity contribution in [2.24, 2.45) is 0 Å². The van der Waals surface area contributed by atoms with Gasteiger partial charge in [0.1, 0.15) is 0 Å². The summed E-state index contributed by atoms with van der Waals surface area (Å²) in [5, 5.41) is 5.45. The van der Waals surface area contributed by atoms with Crippen LogP contribution >= 0.6 is 11.3 Å². The van der Waals surface area contributed by atoms with Gasteiger partial charge < -0.3 is 4.90 Å². The molecule has 1 aromatic rings. The molecule has 1 unspecified atom stereocenters. The Hall–Kier alpha value is -0.870. The lowest BCUT2D eigenvalue weighted by atomic mass is 10.2. The van der Waals surface area contributed by atoms with E-state index in [1.165, 1.54) is 4.88 Å². The lowest BCUT2D eigenvalue weighted by Crippen LogP contribution is -2.44. The van der Waals surface area contributed by atoms with Gasteiger partial charge >= 0.3 is 0 Å². The molecule has 94 valence electrons. The first-order chi connectivity index (χ1) is 8.18. The highest BCUT2D eigenvalue weighted by molar-refractivity contribution is 7.10. The fraction of sp³-hybridized carbons (Fsp3) is 0.615. The van der Waals surface area contributed by atoms with Gasteiger partial charge in [-0.2, -0.15) is 0 Å². The molecule has 1 aromatic heterocycles. The summed E-state index contributed by atoms with van der Waals surface area (Å²) in [6.45, 7) is 5.93. The van der Waals surface area contributed by atoms with Gasteiger partial charge in [0.05, 0.1) is 6.04 Å². The minimum absolute atomic E-state index is 0.0924. The van der Waals surface area contributed by atoms with E-state index in [1.807, 2.05) is 17.9 Å². The summed E-state index contributed by atoms with van der Waals surface area (Å²) < 4.78 is 0. The molecule has 0 bridgehead atoms. The second-order valence-electron chi connectivity index (χ2n) is 4.66. The largest absolute Gasteiger partial charge is 0.341 e. The van der Waals surface area contributed by atoms with Gasteiger partial charge in [-0.1, -0.05) is 6.07 Å². The summed E-state index contributed by atoms with van der Waals surface area (Å²) in [5.41, 5.74) is 0. The highest BCUT2D eigenvalue weighted by atomic mass is 32.1. The number of rotatable bonds is 4. The van der Waals surface area contributed by atoms with Crippen molar-refractivity contribution < 1.29 is 4.79 Å². The number of thiophene rings is 1. The van der Waals surface area contributed by atoms with E-state index in [-0.39, 0.29) is 18.0 Å². The maximum atomic E-state index is 12.1. The first kappa shape index (κ1) is 12.6. The Bertz CT molecular complexity index is 358. The van der Waals surface area contributed by atoms with Crippen LogP contribution in [0.2, 0.25) is 0 Å². The minimum atomic E-state index is -0.0924. The second-order valence-corrected chi connectivity index (χ2v) is 5.64. The third kappa shape index (κ3) is 3.07. The van der Waals surface area contributed by atoms with Crippen LogP contribution in [0, 0.1) is 0 Å². The Kier molecular flexibility index (Phi) is 4.18. The first-order valence-corrected chi connectivity index (χ1v) is 7.14. The molecule has 0 spiro atoms. The smallest absolute Gasteiger partial charge is 0.239 e. The highest BCUT2D eigenvalue weighted by Gasteiger charge is 2.24. The van der Waals surface area contributed by atoms with E-state index in [1.54, 1.807) is 11.3 Å². The molecule has 2 atom stereocenters. The predicted molar refractivity (Wildman–Crippen MR) is 71.1 cm³/mol. The van der Waals surface area contributed by atoms with Gasteiger partial charge in [-0.25, -0.2) is 0 Å². The van der Waals surface area contributed by atoms with Crippen LogP contribution in [0.4, 0.5) is 0 Å². The molecule has 1 fully saturated rings. The molecule has 0 aliphatic carbocycles. The SMILES string of the molecule is CC(N[C@@H](C)c1cccs1)C(=O)N1CCCC1. The maximum Gasteiger partial charge on any atom is 0.239 e. The summed E-state index contributed by atoms with van der Waals surface area (Å²) in [5.74, 6) is 0.242. The topological polar surface area (TPSA) is 32.3 Å². The number of carbonyl (C=O) groups excluding carboxylic acids is 1. The van der Waals surface area contributed by atoms with Crippen LogP contribution in [-0.4, -0.2) is 29.9 Å². The monoisotopic (exact) mass is 252 g/mol. The zero-order valence-electron chi connectivity index (χ0n) is 10.5. The fourth-order valence-electron chi connectivity index (χ4n) is 2.28. The number of nitrogens with one attached hydrogen (secondary N) is 1. The molecule has 1 saturated heterocycles. The molecule has 1 aliphatic rings. The van der Waals surface area contributed by atoms with E-state index < -0.39 is 0 Å². The van der Waals surface area contributed by atoms with Crippen LogP contribution < -0.4 is 5.32 Å². The minimum Gasteiger partial charge on any atom is -0.341 e. The van der Waals surface area contributed by atoms with Crippen LogP contribution in [0.1, 0.15) is 37.6 Å². The number of hydrogen-bond donors (Lipinski definition) is 1. The van der Waals surface area contributed by atoms with Crippen LogP contribution in [0.15, 0.2) is 17.5 Å². The highest BCUT2D eigenvalue weighted by Crippen LogP contribution is 2.19. The lowest BCUT2D eigenvalue weighted by molar-refractivity contribution is -0.132. The van der Waals surface area contributed by atoms with E-state index in [0.29, 0.717) is 0 Å². The molecule has 2 rings (SSSR count). The van der Waals surface area contributed by atoms with Crippen molar-refractivity contribution in [1.29, 1.82) is 0 Å². The van der Waals surface area contributed by atoms with Gasteiger partial charge in [-0.15, -0.1) is 11.3 Å². The fourth-order valence-corrected chi connectivity index (χ4v) is 3.02. The third-order valence-corrected chi connectivity index (χ3v) is 4.31.